The average molecular weight is 494 g/mol. The Kier molecular flexibility index (Phi) is 7.01. The van der Waals surface area contributed by atoms with Crippen LogP contribution in [-0.4, -0.2) is 28.2 Å². The molecular formula is C24H17Cl2N5O3. The second kappa shape index (κ2) is 10.3. The number of aromatic nitrogens is 2. The predicted octanol–water partition coefficient (Wildman–Crippen LogP) is 3.85. The second-order valence-electron chi connectivity index (χ2n) is 7.16. The molecule has 0 unspecified atom stereocenters. The van der Waals surface area contributed by atoms with Crippen molar-refractivity contribution in [1.29, 1.82) is 0 Å². The van der Waals surface area contributed by atoms with E-state index < -0.39 is 23.4 Å². The van der Waals surface area contributed by atoms with Gasteiger partial charge >= 0.3 is 0 Å². The van der Waals surface area contributed by atoms with Crippen molar-refractivity contribution in [3.63, 3.8) is 0 Å². The molecule has 2 amide bonds. The molecule has 0 saturated heterocycles. The van der Waals surface area contributed by atoms with Gasteiger partial charge in [0.05, 0.1) is 16.6 Å². The Bertz CT molecular complexity index is 1450. The number of nitrogens with one attached hydrogen (secondary N) is 3. The van der Waals surface area contributed by atoms with Crippen LogP contribution in [0.4, 0.5) is 0 Å². The fraction of sp³-hybridized carbons (Fsp3) is 0.0417. The van der Waals surface area contributed by atoms with E-state index in [9.17, 15) is 14.4 Å². The normalized spacial score (nSPS) is 11.9. The molecule has 4 aromatic rings. The SMILES string of the molecule is O=C(N[C@H](C(=O)NN=Cc1ccc(Cl)cc1Cl)c1n[nH]c(=O)c2ccccc12)c1ccccc1. The van der Waals surface area contributed by atoms with Crippen molar-refractivity contribution in [1.82, 2.24) is 20.9 Å². The molecule has 0 aliphatic carbocycles. The largest absolute Gasteiger partial charge is 0.335 e. The molecule has 8 nitrogen and oxygen atoms in total. The highest BCUT2D eigenvalue weighted by Gasteiger charge is 2.27. The number of halogens is 2. The topological polar surface area (TPSA) is 116 Å². The molecule has 3 N–H and O–H groups in total. The summed E-state index contributed by atoms with van der Waals surface area (Å²) in [5, 5.41) is 14.6. The number of H-pyrrole nitrogens is 1. The van der Waals surface area contributed by atoms with Gasteiger partial charge in [-0.15, -0.1) is 0 Å². The first-order valence-electron chi connectivity index (χ1n) is 10.1. The molecule has 0 fully saturated rings. The highest BCUT2D eigenvalue weighted by atomic mass is 35.5. The molecule has 0 spiro atoms. The number of amides is 2. The number of hydrogen-bond donors (Lipinski definition) is 3. The van der Waals surface area contributed by atoms with E-state index in [0.29, 0.717) is 31.9 Å². The molecule has 3 aromatic carbocycles. The van der Waals surface area contributed by atoms with Gasteiger partial charge in [-0.2, -0.15) is 10.2 Å². The monoisotopic (exact) mass is 493 g/mol. The third kappa shape index (κ3) is 5.14. The summed E-state index contributed by atoms with van der Waals surface area (Å²) in [6.07, 6.45) is 1.35. The molecule has 10 heteroatoms. The van der Waals surface area contributed by atoms with Gasteiger partial charge in [-0.05, 0) is 30.3 Å². The number of aromatic amines is 1. The first-order chi connectivity index (χ1) is 16.4. The van der Waals surface area contributed by atoms with Crippen LogP contribution in [0, 0.1) is 0 Å². The van der Waals surface area contributed by atoms with Gasteiger partial charge in [0.25, 0.3) is 17.4 Å². The fourth-order valence-corrected chi connectivity index (χ4v) is 3.71. The zero-order chi connectivity index (χ0) is 24.1. The molecule has 1 heterocycles. The van der Waals surface area contributed by atoms with Gasteiger partial charge in [-0.3, -0.25) is 14.4 Å². The fourth-order valence-electron chi connectivity index (χ4n) is 3.25. The summed E-state index contributed by atoms with van der Waals surface area (Å²) in [6, 6.07) is 18.6. The van der Waals surface area contributed by atoms with Crippen molar-refractivity contribution in [2.24, 2.45) is 5.10 Å². The summed E-state index contributed by atoms with van der Waals surface area (Å²) >= 11 is 12.0. The van der Waals surface area contributed by atoms with Crippen molar-refractivity contribution in [3.05, 3.63) is 110 Å². The van der Waals surface area contributed by atoms with Gasteiger partial charge < -0.3 is 5.32 Å². The van der Waals surface area contributed by atoms with Crippen molar-refractivity contribution in [2.75, 3.05) is 0 Å². The number of rotatable bonds is 6. The molecule has 0 aliphatic rings. The molecule has 0 radical (unpaired) electrons. The maximum atomic E-state index is 13.1. The highest BCUT2D eigenvalue weighted by molar-refractivity contribution is 6.36. The second-order valence-corrected chi connectivity index (χ2v) is 8.00. The van der Waals surface area contributed by atoms with Crippen molar-refractivity contribution >= 4 is 52.0 Å². The van der Waals surface area contributed by atoms with Gasteiger partial charge in [0.1, 0.15) is 5.69 Å². The minimum atomic E-state index is -1.26. The Morgan fingerprint density at radius 3 is 2.41 bits per heavy atom. The molecule has 1 atom stereocenters. The van der Waals surface area contributed by atoms with Crippen LogP contribution in [0.5, 0.6) is 0 Å². The van der Waals surface area contributed by atoms with E-state index in [1.165, 1.54) is 6.21 Å². The van der Waals surface area contributed by atoms with Crippen LogP contribution in [-0.2, 0) is 4.79 Å². The van der Waals surface area contributed by atoms with Gasteiger partial charge in [0.2, 0.25) is 0 Å². The minimum Gasteiger partial charge on any atom is -0.335 e. The van der Waals surface area contributed by atoms with Gasteiger partial charge in [-0.25, -0.2) is 10.5 Å². The Balaban J connectivity index is 1.67. The van der Waals surface area contributed by atoms with Crippen LogP contribution in [0.3, 0.4) is 0 Å². The average Bonchev–Trinajstić information content (AvgIpc) is 2.85. The lowest BCUT2D eigenvalue weighted by atomic mass is 10.0. The van der Waals surface area contributed by atoms with Crippen molar-refractivity contribution in [3.8, 4) is 0 Å². The van der Waals surface area contributed by atoms with Gasteiger partial charge in [-0.1, -0.05) is 65.7 Å². The molecule has 1 aromatic heterocycles. The van der Waals surface area contributed by atoms with Gasteiger partial charge in [0, 0.05) is 21.5 Å². The maximum absolute atomic E-state index is 13.1. The number of fused-ring (bicyclic) bond motifs is 1. The van der Waals surface area contributed by atoms with Crippen LogP contribution >= 0.6 is 23.2 Å². The van der Waals surface area contributed by atoms with Crippen molar-refractivity contribution in [2.45, 2.75) is 6.04 Å². The lowest BCUT2D eigenvalue weighted by molar-refractivity contribution is -0.123. The Labute approximate surface area is 203 Å². The van der Waals surface area contributed by atoms with Crippen LogP contribution in [0.1, 0.15) is 27.7 Å². The van der Waals surface area contributed by atoms with Crippen LogP contribution < -0.4 is 16.3 Å². The first kappa shape index (κ1) is 23.2. The van der Waals surface area contributed by atoms with Gasteiger partial charge in [0.15, 0.2) is 6.04 Å². The summed E-state index contributed by atoms with van der Waals surface area (Å²) in [5.41, 5.74) is 3.03. The van der Waals surface area contributed by atoms with E-state index in [-0.39, 0.29) is 5.69 Å². The Morgan fingerprint density at radius 1 is 0.971 bits per heavy atom. The first-order valence-corrected chi connectivity index (χ1v) is 10.8. The van der Waals surface area contributed by atoms with E-state index in [0.717, 1.165) is 0 Å². The third-order valence-corrected chi connectivity index (χ3v) is 5.48. The van der Waals surface area contributed by atoms with E-state index in [2.05, 4.69) is 26.0 Å². The lowest BCUT2D eigenvalue weighted by Gasteiger charge is -2.18. The molecule has 0 saturated carbocycles. The molecule has 34 heavy (non-hydrogen) atoms. The van der Waals surface area contributed by atoms with Crippen LogP contribution in [0.2, 0.25) is 10.0 Å². The van der Waals surface area contributed by atoms with Crippen LogP contribution in [0.15, 0.2) is 82.7 Å². The molecule has 0 bridgehead atoms. The summed E-state index contributed by atoms with van der Waals surface area (Å²) in [6.45, 7) is 0. The summed E-state index contributed by atoms with van der Waals surface area (Å²) in [5.74, 6) is -1.17. The van der Waals surface area contributed by atoms with E-state index in [1.54, 1.807) is 72.8 Å². The Morgan fingerprint density at radius 2 is 1.68 bits per heavy atom. The number of carbonyl (C=O) groups excluding carboxylic acids is 2. The molecule has 170 valence electrons. The number of hydrogen-bond acceptors (Lipinski definition) is 5. The molecule has 0 aliphatic heterocycles. The smallest absolute Gasteiger partial charge is 0.272 e. The summed E-state index contributed by atoms with van der Waals surface area (Å²) in [4.78, 5) is 38.2. The molecule has 4 rings (SSSR count). The third-order valence-electron chi connectivity index (χ3n) is 4.91. The van der Waals surface area contributed by atoms with Crippen molar-refractivity contribution < 1.29 is 9.59 Å². The Hall–Kier alpha value is -4.01. The zero-order valence-corrected chi connectivity index (χ0v) is 19.0. The minimum absolute atomic E-state index is 0.164. The zero-order valence-electron chi connectivity index (χ0n) is 17.5. The lowest BCUT2D eigenvalue weighted by Crippen LogP contribution is -2.40. The van der Waals surface area contributed by atoms with E-state index >= 15 is 0 Å². The number of benzene rings is 3. The summed E-state index contributed by atoms with van der Waals surface area (Å²) in [7, 11) is 0. The standard InChI is InChI=1S/C24H17Cl2N5O3/c25-16-11-10-15(19(26)12-16)13-27-30-24(34)21(28-22(32)14-6-2-1-3-7-14)20-17-8-4-5-9-18(17)23(33)31-29-20/h1-13,21H,(H,28,32)(H,30,34)(H,31,33)/t21-/m0/s1. The van der Waals surface area contributed by atoms with E-state index in [1.807, 2.05) is 0 Å². The highest BCUT2D eigenvalue weighted by Crippen LogP contribution is 2.21. The predicted molar refractivity (Wildman–Crippen MR) is 131 cm³/mol. The number of nitrogens with zero attached hydrogens (tertiary/aromatic N) is 2. The van der Waals surface area contributed by atoms with E-state index in [4.69, 9.17) is 23.2 Å². The number of hydrazone groups is 1. The summed E-state index contributed by atoms with van der Waals surface area (Å²) < 4.78 is 0. The molecular weight excluding hydrogens is 477 g/mol. The quantitative estimate of drug-likeness (QED) is 0.279. The number of carbonyl (C=O) groups is 2. The maximum Gasteiger partial charge on any atom is 0.272 e. The van der Waals surface area contributed by atoms with Crippen LogP contribution in [0.25, 0.3) is 10.8 Å².